The van der Waals surface area contributed by atoms with Crippen molar-refractivity contribution in [1.82, 2.24) is 5.16 Å². The maximum atomic E-state index is 12.1. The number of aryl methyl sites for hydroxylation is 2. The van der Waals surface area contributed by atoms with Crippen molar-refractivity contribution in [2.75, 3.05) is 18.5 Å². The van der Waals surface area contributed by atoms with Crippen molar-refractivity contribution in [2.24, 2.45) is 0 Å². The van der Waals surface area contributed by atoms with Crippen molar-refractivity contribution in [3.05, 3.63) is 41.3 Å². The third-order valence-corrected chi connectivity index (χ3v) is 4.63. The van der Waals surface area contributed by atoms with Crippen molar-refractivity contribution in [1.29, 1.82) is 0 Å². The Labute approximate surface area is 153 Å². The number of carbonyl (C=O) groups excluding carboxylic acids is 1. The van der Waals surface area contributed by atoms with Crippen LogP contribution in [0.1, 0.15) is 42.7 Å². The van der Waals surface area contributed by atoms with Crippen molar-refractivity contribution in [3.63, 3.8) is 0 Å². The number of anilines is 1. The topological polar surface area (TPSA) is 73.6 Å². The Hall–Kier alpha value is -2.34. The van der Waals surface area contributed by atoms with Gasteiger partial charge in [-0.1, -0.05) is 5.16 Å². The quantitative estimate of drug-likeness (QED) is 0.815. The van der Waals surface area contributed by atoms with Gasteiger partial charge >= 0.3 is 0 Å². The van der Waals surface area contributed by atoms with Crippen LogP contribution in [0.15, 0.2) is 28.8 Å². The maximum Gasteiger partial charge on any atom is 0.224 e. The summed E-state index contributed by atoms with van der Waals surface area (Å²) >= 11 is 0. The predicted molar refractivity (Wildman–Crippen MR) is 98.5 cm³/mol. The van der Waals surface area contributed by atoms with Crippen LogP contribution < -0.4 is 10.1 Å². The highest BCUT2D eigenvalue weighted by molar-refractivity contribution is 5.90. The number of ether oxygens (including phenoxy) is 2. The van der Waals surface area contributed by atoms with E-state index < -0.39 is 0 Å². The van der Waals surface area contributed by atoms with E-state index in [-0.39, 0.29) is 12.0 Å². The number of nitrogens with one attached hydrogen (secondary N) is 1. The third kappa shape index (κ3) is 5.08. The van der Waals surface area contributed by atoms with E-state index in [2.05, 4.69) is 10.5 Å². The lowest BCUT2D eigenvalue weighted by Gasteiger charge is -2.22. The molecule has 1 amide bonds. The van der Waals surface area contributed by atoms with Crippen molar-refractivity contribution < 1.29 is 18.8 Å². The molecule has 140 valence electrons. The molecular formula is C20H26N2O4. The molecule has 2 aromatic rings. The van der Waals surface area contributed by atoms with Gasteiger partial charge in [0, 0.05) is 24.3 Å². The van der Waals surface area contributed by atoms with E-state index >= 15 is 0 Å². The summed E-state index contributed by atoms with van der Waals surface area (Å²) in [5.74, 6) is 1.53. The van der Waals surface area contributed by atoms with E-state index in [4.69, 9.17) is 14.0 Å². The van der Waals surface area contributed by atoms with E-state index in [1.807, 2.05) is 38.1 Å². The summed E-state index contributed by atoms with van der Waals surface area (Å²) in [5, 5.41) is 6.82. The summed E-state index contributed by atoms with van der Waals surface area (Å²) in [6.45, 7) is 5.15. The van der Waals surface area contributed by atoms with Gasteiger partial charge in [0.2, 0.25) is 5.91 Å². The van der Waals surface area contributed by atoms with Crippen molar-refractivity contribution in [3.8, 4) is 5.75 Å². The molecule has 1 aliphatic heterocycles. The Kier molecular flexibility index (Phi) is 6.28. The van der Waals surface area contributed by atoms with Gasteiger partial charge in [0.15, 0.2) is 0 Å². The monoisotopic (exact) mass is 358 g/mol. The highest BCUT2D eigenvalue weighted by Crippen LogP contribution is 2.19. The van der Waals surface area contributed by atoms with Crippen LogP contribution in [0.25, 0.3) is 0 Å². The zero-order valence-electron chi connectivity index (χ0n) is 15.4. The fraction of sp³-hybridized carbons (Fsp3) is 0.500. The first-order valence-corrected chi connectivity index (χ1v) is 9.18. The van der Waals surface area contributed by atoms with Crippen LogP contribution in [0.3, 0.4) is 0 Å². The van der Waals surface area contributed by atoms with Gasteiger partial charge in [-0.25, -0.2) is 0 Å². The summed E-state index contributed by atoms with van der Waals surface area (Å²) in [6, 6.07) is 7.44. The number of carbonyl (C=O) groups is 1. The van der Waals surface area contributed by atoms with Gasteiger partial charge in [0.05, 0.1) is 11.8 Å². The number of nitrogens with zero attached hydrogens (tertiary/aromatic N) is 1. The van der Waals surface area contributed by atoms with Gasteiger partial charge in [-0.15, -0.1) is 0 Å². The van der Waals surface area contributed by atoms with Gasteiger partial charge in [-0.05, 0) is 63.8 Å². The Bertz CT molecular complexity index is 698. The van der Waals surface area contributed by atoms with Gasteiger partial charge in [0.1, 0.15) is 18.1 Å². The molecule has 1 saturated heterocycles. The molecule has 6 nitrogen and oxygen atoms in total. The molecule has 0 spiro atoms. The minimum absolute atomic E-state index is 0.0331. The third-order valence-electron chi connectivity index (χ3n) is 4.63. The fourth-order valence-corrected chi connectivity index (χ4v) is 3.08. The first kappa shape index (κ1) is 18.5. The summed E-state index contributed by atoms with van der Waals surface area (Å²) in [7, 11) is 0. The predicted octanol–water partition coefficient (Wildman–Crippen LogP) is 3.81. The lowest BCUT2D eigenvalue weighted by Crippen LogP contribution is -2.25. The Balaban J connectivity index is 1.43. The molecule has 26 heavy (non-hydrogen) atoms. The lowest BCUT2D eigenvalue weighted by atomic mass is 10.1. The Morgan fingerprint density at radius 3 is 2.73 bits per heavy atom. The molecule has 1 atom stereocenters. The second-order valence-electron chi connectivity index (χ2n) is 6.67. The zero-order chi connectivity index (χ0) is 18.4. The van der Waals surface area contributed by atoms with Crippen LogP contribution in [0, 0.1) is 13.8 Å². The normalized spacial score (nSPS) is 17.1. The van der Waals surface area contributed by atoms with Crippen molar-refractivity contribution in [2.45, 2.75) is 52.1 Å². The second kappa shape index (κ2) is 8.85. The maximum absolute atomic E-state index is 12.1. The molecule has 1 aliphatic rings. The van der Waals surface area contributed by atoms with E-state index in [1.54, 1.807) is 0 Å². The van der Waals surface area contributed by atoms with Gasteiger partial charge < -0.3 is 19.3 Å². The van der Waals surface area contributed by atoms with Gasteiger partial charge in [0.25, 0.3) is 0 Å². The molecule has 0 bridgehead atoms. The Morgan fingerprint density at radius 1 is 1.27 bits per heavy atom. The van der Waals surface area contributed by atoms with Crippen LogP contribution in [-0.4, -0.2) is 30.4 Å². The molecule has 3 rings (SSSR count). The zero-order valence-corrected chi connectivity index (χ0v) is 15.4. The molecule has 2 heterocycles. The average molecular weight is 358 g/mol. The molecule has 1 aromatic heterocycles. The summed E-state index contributed by atoms with van der Waals surface area (Å²) in [5.41, 5.74) is 2.61. The van der Waals surface area contributed by atoms with Crippen LogP contribution in [0.5, 0.6) is 5.75 Å². The molecule has 6 heteroatoms. The smallest absolute Gasteiger partial charge is 0.224 e. The number of amides is 1. The summed E-state index contributed by atoms with van der Waals surface area (Å²) in [4.78, 5) is 12.1. The molecule has 0 unspecified atom stereocenters. The lowest BCUT2D eigenvalue weighted by molar-refractivity contribution is -0.116. The Morgan fingerprint density at radius 2 is 2.08 bits per heavy atom. The summed E-state index contributed by atoms with van der Waals surface area (Å²) in [6.07, 6.45) is 4.59. The first-order valence-electron chi connectivity index (χ1n) is 9.18. The molecule has 1 N–H and O–H groups in total. The van der Waals surface area contributed by atoms with Gasteiger partial charge in [-0.2, -0.15) is 0 Å². The largest absolute Gasteiger partial charge is 0.491 e. The minimum atomic E-state index is -0.0331. The minimum Gasteiger partial charge on any atom is -0.491 e. The SMILES string of the molecule is Cc1noc(C)c1CCC(=O)Nc1ccc(OC[C@H]2CCCCO2)cc1. The molecule has 1 aromatic carbocycles. The van der Waals surface area contributed by atoms with E-state index in [9.17, 15) is 4.79 Å². The highest BCUT2D eigenvalue weighted by Gasteiger charge is 2.14. The number of aromatic nitrogens is 1. The number of hydrogen-bond acceptors (Lipinski definition) is 5. The van der Waals surface area contributed by atoms with E-state index in [0.717, 1.165) is 47.9 Å². The number of benzene rings is 1. The molecule has 0 radical (unpaired) electrons. The van der Waals surface area contributed by atoms with Crippen LogP contribution >= 0.6 is 0 Å². The fourth-order valence-electron chi connectivity index (χ4n) is 3.08. The van der Waals surface area contributed by atoms with Crippen molar-refractivity contribution >= 4 is 11.6 Å². The first-order chi connectivity index (χ1) is 12.6. The molecule has 0 aliphatic carbocycles. The summed E-state index contributed by atoms with van der Waals surface area (Å²) < 4.78 is 16.6. The van der Waals surface area contributed by atoms with E-state index in [0.29, 0.717) is 19.4 Å². The van der Waals surface area contributed by atoms with Crippen LogP contribution in [0.4, 0.5) is 5.69 Å². The number of rotatable bonds is 7. The number of hydrogen-bond donors (Lipinski definition) is 1. The highest BCUT2D eigenvalue weighted by atomic mass is 16.5. The molecule has 0 saturated carbocycles. The standard InChI is InChI=1S/C20H26N2O4/c1-14-19(15(2)26-22-14)10-11-20(23)21-16-6-8-17(9-7-16)25-13-18-5-3-4-12-24-18/h6-9,18H,3-5,10-13H2,1-2H3,(H,21,23)/t18-/m1/s1. The van der Waals surface area contributed by atoms with Crippen LogP contribution in [0.2, 0.25) is 0 Å². The van der Waals surface area contributed by atoms with Crippen LogP contribution in [-0.2, 0) is 16.0 Å². The van der Waals surface area contributed by atoms with E-state index in [1.165, 1.54) is 6.42 Å². The molecule has 1 fully saturated rings. The average Bonchev–Trinajstić information content (AvgIpc) is 2.98. The second-order valence-corrected chi connectivity index (χ2v) is 6.67. The van der Waals surface area contributed by atoms with Gasteiger partial charge in [-0.3, -0.25) is 4.79 Å². The molecular weight excluding hydrogens is 332 g/mol.